The number of rotatable bonds is 3. The van der Waals surface area contributed by atoms with E-state index in [1.54, 1.807) is 0 Å². The molecule has 0 aromatic carbocycles. The lowest BCUT2D eigenvalue weighted by Crippen LogP contribution is -2.40. The molecule has 1 atom stereocenters. The van der Waals surface area contributed by atoms with E-state index in [0.29, 0.717) is 16.7 Å². The van der Waals surface area contributed by atoms with E-state index in [1.165, 1.54) is 0 Å². The third kappa shape index (κ3) is 1.41. The molecule has 1 aliphatic heterocycles. The smallest absolute Gasteiger partial charge is 0.111 e. The van der Waals surface area contributed by atoms with Crippen molar-refractivity contribution in [2.75, 3.05) is 6.61 Å². The van der Waals surface area contributed by atoms with Crippen LogP contribution in [0.1, 0.15) is 34.1 Å². The van der Waals surface area contributed by atoms with Crippen LogP contribution in [0.4, 0.5) is 0 Å². The van der Waals surface area contributed by atoms with Crippen molar-refractivity contribution < 1.29 is 4.74 Å². The van der Waals surface area contributed by atoms with Crippen molar-refractivity contribution in [3.05, 3.63) is 11.8 Å². The Morgan fingerprint density at radius 2 is 2.00 bits per heavy atom. The number of nitrogens with two attached hydrogens (primary N) is 1. The first-order valence-corrected chi connectivity index (χ1v) is 5.72. The van der Waals surface area contributed by atoms with Crippen molar-refractivity contribution in [2.24, 2.45) is 22.6 Å². The summed E-state index contributed by atoms with van der Waals surface area (Å²) < 4.78 is 5.61. The molecule has 86 valence electrons. The molecule has 0 spiro atoms. The monoisotopic (exact) mass is 210 g/mol. The molecule has 3 nitrogen and oxygen atoms in total. The number of nitrogens with one attached hydrogen (secondary N) is 1. The van der Waals surface area contributed by atoms with E-state index in [-0.39, 0.29) is 6.04 Å². The molecular weight excluding hydrogens is 188 g/mol. The van der Waals surface area contributed by atoms with Gasteiger partial charge in [0.1, 0.15) is 5.76 Å². The summed E-state index contributed by atoms with van der Waals surface area (Å²) in [5, 5.41) is 0. The van der Waals surface area contributed by atoms with Gasteiger partial charge in [0.25, 0.3) is 0 Å². The molecule has 0 radical (unpaired) electrons. The molecule has 0 aromatic rings. The van der Waals surface area contributed by atoms with E-state index in [1.807, 2.05) is 0 Å². The first-order chi connectivity index (χ1) is 6.93. The van der Waals surface area contributed by atoms with Gasteiger partial charge in [-0.05, 0) is 22.8 Å². The summed E-state index contributed by atoms with van der Waals surface area (Å²) in [6.07, 6.45) is 3.18. The average Bonchev–Trinajstić information content (AvgIpc) is 2.63. The van der Waals surface area contributed by atoms with Crippen LogP contribution in [0, 0.1) is 16.7 Å². The van der Waals surface area contributed by atoms with Crippen molar-refractivity contribution >= 4 is 0 Å². The third-order valence-electron chi connectivity index (χ3n) is 4.68. The fraction of sp³-hybridized carbons (Fsp3) is 0.833. The maximum absolute atomic E-state index is 5.66. The van der Waals surface area contributed by atoms with E-state index in [9.17, 15) is 0 Å². The van der Waals surface area contributed by atoms with Gasteiger partial charge < -0.3 is 4.74 Å². The van der Waals surface area contributed by atoms with Gasteiger partial charge in [0.2, 0.25) is 0 Å². The summed E-state index contributed by atoms with van der Waals surface area (Å²) >= 11 is 0. The van der Waals surface area contributed by atoms with Crippen molar-refractivity contribution in [3.8, 4) is 0 Å². The zero-order valence-electron chi connectivity index (χ0n) is 10.1. The lowest BCUT2D eigenvalue weighted by Gasteiger charge is -2.19. The normalized spacial score (nSPS) is 29.5. The van der Waals surface area contributed by atoms with Crippen LogP contribution in [0.25, 0.3) is 0 Å². The molecule has 1 saturated carbocycles. The maximum Gasteiger partial charge on any atom is 0.111 e. The first kappa shape index (κ1) is 11.0. The highest BCUT2D eigenvalue weighted by atomic mass is 16.5. The summed E-state index contributed by atoms with van der Waals surface area (Å²) in [4.78, 5) is 0. The fourth-order valence-electron chi connectivity index (χ4n) is 3.08. The van der Waals surface area contributed by atoms with E-state index >= 15 is 0 Å². The highest BCUT2D eigenvalue weighted by molar-refractivity contribution is 5.23. The lowest BCUT2D eigenvalue weighted by atomic mass is 10.0. The van der Waals surface area contributed by atoms with Crippen molar-refractivity contribution in [1.29, 1.82) is 0 Å². The van der Waals surface area contributed by atoms with Crippen LogP contribution >= 0.6 is 0 Å². The minimum Gasteiger partial charge on any atom is -0.496 e. The van der Waals surface area contributed by atoms with E-state index in [2.05, 4.69) is 39.2 Å². The summed E-state index contributed by atoms with van der Waals surface area (Å²) in [6, 6.07) is 0.178. The van der Waals surface area contributed by atoms with Gasteiger partial charge >= 0.3 is 0 Å². The Morgan fingerprint density at radius 1 is 1.40 bits per heavy atom. The zero-order valence-corrected chi connectivity index (χ0v) is 10.1. The summed E-state index contributed by atoms with van der Waals surface area (Å²) in [7, 11) is 0. The van der Waals surface area contributed by atoms with Crippen molar-refractivity contribution in [2.45, 2.75) is 40.2 Å². The molecule has 0 saturated heterocycles. The second-order valence-corrected chi connectivity index (χ2v) is 5.81. The van der Waals surface area contributed by atoms with Crippen LogP contribution in [0.15, 0.2) is 11.8 Å². The molecule has 0 bridgehead atoms. The standard InChI is InChI=1S/C12H22N2O/c1-11(2)10(12(11,3)4)9(14-13)8-6-5-7-15-8/h6,9-10,14H,5,7,13H2,1-4H3. The van der Waals surface area contributed by atoms with Crippen LogP contribution in [-0.2, 0) is 4.74 Å². The maximum atomic E-state index is 5.66. The van der Waals surface area contributed by atoms with Crippen molar-refractivity contribution in [3.63, 3.8) is 0 Å². The molecule has 1 unspecified atom stereocenters. The van der Waals surface area contributed by atoms with Crippen molar-refractivity contribution in [1.82, 2.24) is 5.43 Å². The Balaban J connectivity index is 2.16. The summed E-state index contributed by atoms with van der Waals surface area (Å²) in [5.74, 6) is 7.26. The Hall–Kier alpha value is -0.540. The molecule has 2 rings (SSSR count). The quantitative estimate of drug-likeness (QED) is 0.551. The number of ether oxygens (including phenoxy) is 1. The topological polar surface area (TPSA) is 47.3 Å². The second kappa shape index (κ2) is 3.22. The molecule has 3 N–H and O–H groups in total. The van der Waals surface area contributed by atoms with Gasteiger partial charge in [-0.3, -0.25) is 5.84 Å². The summed E-state index contributed by atoms with van der Waals surface area (Å²) in [5.41, 5.74) is 3.58. The van der Waals surface area contributed by atoms with E-state index in [0.717, 1.165) is 18.8 Å². The minimum absolute atomic E-state index is 0.178. The predicted molar refractivity (Wildman–Crippen MR) is 60.8 cm³/mol. The van der Waals surface area contributed by atoms with Crippen LogP contribution in [0.3, 0.4) is 0 Å². The molecule has 0 aromatic heterocycles. The molecule has 0 amide bonds. The molecule has 1 aliphatic carbocycles. The lowest BCUT2D eigenvalue weighted by molar-refractivity contribution is 0.200. The zero-order chi connectivity index (χ0) is 11.3. The van der Waals surface area contributed by atoms with Gasteiger partial charge in [0, 0.05) is 6.42 Å². The predicted octanol–water partition coefficient (Wildman–Crippen LogP) is 1.80. The van der Waals surface area contributed by atoms with E-state index in [4.69, 9.17) is 10.6 Å². The second-order valence-electron chi connectivity index (χ2n) is 5.81. The largest absolute Gasteiger partial charge is 0.496 e. The van der Waals surface area contributed by atoms with Crippen LogP contribution in [-0.4, -0.2) is 12.6 Å². The molecular formula is C12H22N2O. The average molecular weight is 210 g/mol. The first-order valence-electron chi connectivity index (χ1n) is 5.72. The Kier molecular flexibility index (Phi) is 2.36. The van der Waals surface area contributed by atoms with Gasteiger partial charge in [-0.15, -0.1) is 0 Å². The molecule has 15 heavy (non-hydrogen) atoms. The highest BCUT2D eigenvalue weighted by Crippen LogP contribution is 2.70. The van der Waals surface area contributed by atoms with Gasteiger partial charge in [-0.25, -0.2) is 5.43 Å². The van der Waals surface area contributed by atoms with Crippen LogP contribution in [0.5, 0.6) is 0 Å². The fourth-order valence-corrected chi connectivity index (χ4v) is 3.08. The Labute approximate surface area is 92.0 Å². The number of hydrogen-bond donors (Lipinski definition) is 2. The molecule has 1 heterocycles. The van der Waals surface area contributed by atoms with Gasteiger partial charge in [-0.1, -0.05) is 27.7 Å². The third-order valence-corrected chi connectivity index (χ3v) is 4.68. The molecule has 3 heteroatoms. The Bertz CT molecular complexity index is 280. The summed E-state index contributed by atoms with van der Waals surface area (Å²) in [6.45, 7) is 10.0. The highest BCUT2D eigenvalue weighted by Gasteiger charge is 2.67. The number of hydrazine groups is 1. The Morgan fingerprint density at radius 3 is 2.33 bits per heavy atom. The molecule has 2 aliphatic rings. The molecule has 1 fully saturated rings. The van der Waals surface area contributed by atoms with Gasteiger partial charge in [0.05, 0.1) is 12.6 Å². The van der Waals surface area contributed by atoms with Gasteiger partial charge in [0.15, 0.2) is 0 Å². The SMILES string of the molecule is CC1(C)C(C(NN)C2=CCCO2)C1(C)C. The minimum atomic E-state index is 0.178. The number of hydrogen-bond acceptors (Lipinski definition) is 3. The van der Waals surface area contributed by atoms with Gasteiger partial charge in [-0.2, -0.15) is 0 Å². The van der Waals surface area contributed by atoms with Crippen LogP contribution in [0.2, 0.25) is 0 Å². The van der Waals surface area contributed by atoms with Crippen LogP contribution < -0.4 is 11.3 Å². The van der Waals surface area contributed by atoms with E-state index < -0.39 is 0 Å².